The first-order chi connectivity index (χ1) is 29.7. The molecule has 0 amide bonds. The monoisotopic (exact) mass is 579 g/mol. The molecule has 0 N–H and O–H groups in total. The van der Waals surface area contributed by atoms with E-state index in [0.29, 0.717) is 11.1 Å². The molecule has 2 nitrogen and oxygen atoms in total. The van der Waals surface area contributed by atoms with Crippen LogP contribution in [0, 0.1) is 0 Å². The van der Waals surface area contributed by atoms with Crippen molar-refractivity contribution in [2.75, 3.05) is 0 Å². The van der Waals surface area contributed by atoms with Crippen molar-refractivity contribution in [3.63, 3.8) is 0 Å². The molecule has 0 saturated carbocycles. The third-order valence-corrected chi connectivity index (χ3v) is 7.45. The minimum Gasteiger partial charge on any atom is -0.309 e. The molecule has 0 bridgehead atoms. The molecule has 2 aromatic heterocycles. The first kappa shape index (κ1) is 12.4. The fraction of sp³-hybridized carbons (Fsp3) is 0. The van der Waals surface area contributed by atoms with E-state index in [1.165, 1.54) is 24.3 Å². The van der Waals surface area contributed by atoms with Gasteiger partial charge < -0.3 is 9.13 Å². The van der Waals surface area contributed by atoms with Crippen LogP contribution < -0.4 is 0 Å². The average molecular weight is 580 g/mol. The van der Waals surface area contributed by atoms with Crippen molar-refractivity contribution in [3.8, 4) is 33.6 Å². The summed E-state index contributed by atoms with van der Waals surface area (Å²) in [6.45, 7) is 0. The van der Waals surface area contributed by atoms with Crippen LogP contribution in [0.4, 0.5) is 0 Å². The van der Waals surface area contributed by atoms with E-state index >= 15 is 0 Å². The minimum absolute atomic E-state index is 0.184. The average Bonchev–Trinajstić information content (AvgIpc) is 3.77. The van der Waals surface area contributed by atoms with Gasteiger partial charge >= 0.3 is 0 Å². The lowest BCUT2D eigenvalue weighted by atomic mass is 10.0. The van der Waals surface area contributed by atoms with Gasteiger partial charge in [-0.25, -0.2) is 0 Å². The molecule has 44 heavy (non-hydrogen) atoms. The number of rotatable bonds is 4. The van der Waals surface area contributed by atoms with Gasteiger partial charge in [-0.2, -0.15) is 0 Å². The lowest BCUT2D eigenvalue weighted by Crippen LogP contribution is -1.93. The second-order valence-electron chi connectivity index (χ2n) is 9.91. The molecule has 0 spiro atoms. The highest BCUT2D eigenvalue weighted by Crippen LogP contribution is 2.38. The molecule has 0 unspecified atom stereocenters. The standard InChI is InChI=1S/C42H28N2/c1-3-11-29(12-4-1)30-19-23-34(24-20-30)44-40-18-10-8-16-36(40)38-28-32(22-26-42(38)44)31-21-25-41-37(27-31)35-15-7-9-17-39(35)43(41)33-13-5-2-6-14-33/h1-28H/i1D,2D,7D,8D,9D,10D,13D,14D,15D,16D,17D,18D,22D,23D,24D,25D,26D,27D,28D. The Morgan fingerprint density at radius 3 is 1.52 bits per heavy atom. The van der Waals surface area contributed by atoms with Gasteiger partial charge in [0.2, 0.25) is 0 Å². The van der Waals surface area contributed by atoms with E-state index in [0.717, 1.165) is 27.3 Å². The van der Waals surface area contributed by atoms with Crippen molar-refractivity contribution in [2.45, 2.75) is 0 Å². The Morgan fingerprint density at radius 1 is 0.341 bits per heavy atom. The van der Waals surface area contributed by atoms with Crippen LogP contribution in [0.15, 0.2) is 169 Å². The Balaban J connectivity index is 1.44. The molecule has 2 heteroatoms. The third-order valence-electron chi connectivity index (χ3n) is 7.45. The van der Waals surface area contributed by atoms with Gasteiger partial charge in [0.25, 0.3) is 0 Å². The Bertz CT molecular complexity index is 3510. The van der Waals surface area contributed by atoms with Crippen LogP contribution in [0.3, 0.4) is 0 Å². The largest absolute Gasteiger partial charge is 0.309 e. The smallest absolute Gasteiger partial charge is 0.0645 e. The van der Waals surface area contributed by atoms with E-state index < -0.39 is 84.1 Å². The molecule has 206 valence electrons. The summed E-state index contributed by atoms with van der Waals surface area (Å²) in [5, 5.41) is -1.10. The Kier molecular flexibility index (Phi) is 2.78. The van der Waals surface area contributed by atoms with Crippen molar-refractivity contribution in [1.82, 2.24) is 9.13 Å². The quantitative estimate of drug-likeness (QED) is 0.196. The van der Waals surface area contributed by atoms with Crippen LogP contribution in [-0.4, -0.2) is 9.13 Å². The number of fused-ring (bicyclic) bond motifs is 6. The van der Waals surface area contributed by atoms with Crippen LogP contribution in [-0.2, 0) is 0 Å². The Hall–Kier alpha value is -5.86. The number of hydrogen-bond donors (Lipinski definition) is 0. The molecule has 0 saturated heterocycles. The van der Waals surface area contributed by atoms with Crippen LogP contribution in [0.2, 0.25) is 0 Å². The predicted molar refractivity (Wildman–Crippen MR) is 186 cm³/mol. The molecule has 0 aliphatic carbocycles. The highest BCUT2D eigenvalue weighted by atomic mass is 15.0. The van der Waals surface area contributed by atoms with Gasteiger partial charge in [0.1, 0.15) is 0 Å². The zero-order chi connectivity index (χ0) is 45.6. The van der Waals surface area contributed by atoms with Gasteiger partial charge in [-0.1, -0.05) is 109 Å². The fourth-order valence-corrected chi connectivity index (χ4v) is 5.48. The summed E-state index contributed by atoms with van der Waals surface area (Å²) in [7, 11) is 0. The van der Waals surface area contributed by atoms with Gasteiger partial charge in [0.15, 0.2) is 0 Å². The predicted octanol–water partition coefficient (Wildman–Crippen LogP) is 11.2. The molecule has 9 rings (SSSR count). The number of para-hydroxylation sites is 3. The van der Waals surface area contributed by atoms with Crippen molar-refractivity contribution in [3.05, 3.63) is 169 Å². The molecular weight excluding hydrogens is 532 g/mol. The summed E-state index contributed by atoms with van der Waals surface area (Å²) in [4.78, 5) is 0. The molecule has 0 radical (unpaired) electrons. The third kappa shape index (κ3) is 3.82. The zero-order valence-electron chi connectivity index (χ0n) is 41.6. The zero-order valence-corrected chi connectivity index (χ0v) is 22.6. The first-order valence-electron chi connectivity index (χ1n) is 23.0. The molecule has 0 atom stereocenters. The molecule has 0 aliphatic heterocycles. The summed E-state index contributed by atoms with van der Waals surface area (Å²) in [5.41, 5.74) is -1.31. The fourth-order valence-electron chi connectivity index (χ4n) is 5.48. The highest BCUT2D eigenvalue weighted by Gasteiger charge is 2.16. The van der Waals surface area contributed by atoms with Gasteiger partial charge in [-0.15, -0.1) is 0 Å². The number of hydrogen-bond acceptors (Lipinski definition) is 0. The van der Waals surface area contributed by atoms with Crippen LogP contribution in [0.5, 0.6) is 0 Å². The summed E-state index contributed by atoms with van der Waals surface area (Å²) in [6, 6.07) is 2.90. The lowest BCUT2D eigenvalue weighted by Gasteiger charge is -2.10. The lowest BCUT2D eigenvalue weighted by molar-refractivity contribution is 1.18. The Labute approximate surface area is 282 Å². The number of aromatic nitrogens is 2. The van der Waals surface area contributed by atoms with E-state index in [1.54, 1.807) is 12.1 Å². The summed E-state index contributed by atoms with van der Waals surface area (Å²) in [6.07, 6.45) is 0. The van der Waals surface area contributed by atoms with E-state index in [1.807, 2.05) is 0 Å². The molecule has 0 fully saturated rings. The van der Waals surface area contributed by atoms with E-state index in [-0.39, 0.29) is 96.8 Å². The maximum atomic E-state index is 9.71. The second kappa shape index (κ2) is 9.86. The second-order valence-corrected chi connectivity index (χ2v) is 9.91. The maximum Gasteiger partial charge on any atom is 0.0645 e. The van der Waals surface area contributed by atoms with Crippen LogP contribution in [0.25, 0.3) is 77.2 Å². The molecule has 2 heterocycles. The molecular formula is C42H28N2. The topological polar surface area (TPSA) is 9.86 Å². The molecule has 7 aromatic carbocycles. The summed E-state index contributed by atoms with van der Waals surface area (Å²) < 4.78 is 172. The van der Waals surface area contributed by atoms with Crippen molar-refractivity contribution >= 4 is 43.6 Å². The normalized spacial score (nSPS) is 17.7. The van der Waals surface area contributed by atoms with E-state index in [4.69, 9.17) is 19.2 Å². The van der Waals surface area contributed by atoms with E-state index in [2.05, 4.69) is 0 Å². The van der Waals surface area contributed by atoms with Crippen molar-refractivity contribution in [2.24, 2.45) is 0 Å². The van der Waals surface area contributed by atoms with Crippen molar-refractivity contribution < 1.29 is 26.0 Å². The first-order valence-corrected chi connectivity index (χ1v) is 13.5. The molecule has 0 aliphatic rings. The van der Waals surface area contributed by atoms with Crippen molar-refractivity contribution in [1.29, 1.82) is 0 Å². The van der Waals surface area contributed by atoms with Crippen LogP contribution in [0.1, 0.15) is 26.0 Å². The SMILES string of the molecule is [2H]c1ccc(-c2cc([2H])c(-n3c4c([2H])c([2H])c([2H])c([2H])c4c4c([2H])c(-c5cc([2H])c6c(c5[2H])c5c([2H])c([2H])c([2H])c([2H])c5n6-c5c([2H])cc([2H])cc5[2H])c([2H])c([2H])c43)c([2H])c2)cc1. The number of nitrogens with zero attached hydrogens (tertiary/aromatic N) is 2. The highest BCUT2D eigenvalue weighted by molar-refractivity contribution is 6.12. The Morgan fingerprint density at radius 2 is 0.841 bits per heavy atom. The van der Waals surface area contributed by atoms with Gasteiger partial charge in [-0.3, -0.25) is 0 Å². The van der Waals surface area contributed by atoms with Gasteiger partial charge in [-0.05, 0) is 82.7 Å². The van der Waals surface area contributed by atoms with E-state index in [9.17, 15) is 6.85 Å². The van der Waals surface area contributed by atoms with Gasteiger partial charge in [0.05, 0.1) is 48.1 Å². The summed E-state index contributed by atoms with van der Waals surface area (Å²) in [5.74, 6) is 0. The summed E-state index contributed by atoms with van der Waals surface area (Å²) >= 11 is 0. The number of benzene rings is 7. The minimum atomic E-state index is -0.706. The maximum absolute atomic E-state index is 9.71. The molecule has 9 aromatic rings. The van der Waals surface area contributed by atoms with Crippen LogP contribution >= 0.6 is 0 Å². The van der Waals surface area contributed by atoms with Gasteiger partial charge in [0, 0.05) is 32.9 Å².